The molecule has 2 aromatic rings. The van der Waals surface area contributed by atoms with Crippen LogP contribution in [-0.2, 0) is 13.6 Å². The zero-order valence-electron chi connectivity index (χ0n) is 8.91. The van der Waals surface area contributed by atoms with Crippen molar-refractivity contribution in [2.75, 3.05) is 5.32 Å². The lowest BCUT2D eigenvalue weighted by atomic mass is 10.3. The number of rotatable bonds is 3. The van der Waals surface area contributed by atoms with E-state index in [0.29, 0.717) is 12.2 Å². The maximum atomic E-state index is 13.2. The highest BCUT2D eigenvalue weighted by atomic mass is 35.5. The van der Waals surface area contributed by atoms with Gasteiger partial charge in [-0.2, -0.15) is 0 Å². The van der Waals surface area contributed by atoms with Gasteiger partial charge < -0.3 is 5.32 Å². The number of aromatic nitrogens is 3. The zero-order valence-corrected chi connectivity index (χ0v) is 10.4. The van der Waals surface area contributed by atoms with Crippen molar-refractivity contribution in [3.05, 3.63) is 39.9 Å². The molecule has 0 amide bonds. The van der Waals surface area contributed by atoms with Crippen LogP contribution in [0.1, 0.15) is 5.69 Å². The largest absolute Gasteiger partial charge is 0.379 e. The fourth-order valence-corrected chi connectivity index (χ4v) is 1.81. The van der Waals surface area contributed by atoms with Crippen LogP contribution in [0, 0.1) is 5.82 Å². The summed E-state index contributed by atoms with van der Waals surface area (Å²) in [6.07, 6.45) is 1.78. The van der Waals surface area contributed by atoms with E-state index in [1.54, 1.807) is 17.9 Å². The molecule has 0 spiro atoms. The van der Waals surface area contributed by atoms with Crippen molar-refractivity contribution in [1.82, 2.24) is 15.0 Å². The van der Waals surface area contributed by atoms with Gasteiger partial charge in [-0.3, -0.25) is 4.68 Å². The molecule has 0 bridgehead atoms. The summed E-state index contributed by atoms with van der Waals surface area (Å²) in [7, 11) is 1.78. The Labute approximate surface area is 107 Å². The van der Waals surface area contributed by atoms with Crippen molar-refractivity contribution in [2.24, 2.45) is 7.05 Å². The maximum Gasteiger partial charge on any atom is 0.160 e. The fraction of sp³-hybridized carbons (Fsp3) is 0.200. The molecule has 1 aromatic heterocycles. The Bertz CT molecular complexity index is 518. The smallest absolute Gasteiger partial charge is 0.160 e. The van der Waals surface area contributed by atoms with E-state index in [4.69, 9.17) is 23.2 Å². The number of nitrogens with one attached hydrogen (secondary N) is 1. The van der Waals surface area contributed by atoms with E-state index in [2.05, 4.69) is 15.6 Å². The van der Waals surface area contributed by atoms with E-state index in [-0.39, 0.29) is 10.0 Å². The normalized spacial score (nSPS) is 10.6. The van der Waals surface area contributed by atoms with Crippen LogP contribution in [0.5, 0.6) is 0 Å². The molecule has 0 aliphatic carbocycles. The molecule has 1 aromatic carbocycles. The Balaban J connectivity index is 2.09. The van der Waals surface area contributed by atoms with E-state index < -0.39 is 5.82 Å². The summed E-state index contributed by atoms with van der Waals surface area (Å²) in [6.45, 7) is 0.464. The standard InChI is InChI=1S/C10H9Cl2FN4/c1-17-5-7(15-16-17)4-14-6-2-8(11)10(13)9(12)3-6/h2-3,5,14H,4H2,1H3. The van der Waals surface area contributed by atoms with Crippen LogP contribution in [0.3, 0.4) is 0 Å². The Hall–Kier alpha value is -1.33. The van der Waals surface area contributed by atoms with Gasteiger partial charge in [-0.1, -0.05) is 28.4 Å². The first-order chi connectivity index (χ1) is 8.06. The molecule has 90 valence electrons. The van der Waals surface area contributed by atoms with Crippen LogP contribution >= 0.6 is 23.2 Å². The predicted molar refractivity (Wildman–Crippen MR) is 64.7 cm³/mol. The summed E-state index contributed by atoms with van der Waals surface area (Å²) in [5.74, 6) is -0.613. The third-order valence-corrected chi connectivity index (χ3v) is 2.66. The first kappa shape index (κ1) is 12.1. The average molecular weight is 275 g/mol. The van der Waals surface area contributed by atoms with Crippen molar-refractivity contribution in [2.45, 2.75) is 6.54 Å². The lowest BCUT2D eigenvalue weighted by Gasteiger charge is -2.06. The number of aryl methyl sites for hydroxylation is 1. The minimum absolute atomic E-state index is 0.0147. The Morgan fingerprint density at radius 3 is 2.53 bits per heavy atom. The molecule has 7 heteroatoms. The monoisotopic (exact) mass is 274 g/mol. The third-order valence-electron chi connectivity index (χ3n) is 2.11. The van der Waals surface area contributed by atoms with Gasteiger partial charge in [0.25, 0.3) is 0 Å². The molecule has 1 N–H and O–H groups in total. The van der Waals surface area contributed by atoms with E-state index in [9.17, 15) is 4.39 Å². The Kier molecular flexibility index (Phi) is 3.49. The van der Waals surface area contributed by atoms with Crippen LogP contribution < -0.4 is 5.32 Å². The summed E-state index contributed by atoms with van der Waals surface area (Å²) in [5, 5.41) is 10.7. The van der Waals surface area contributed by atoms with Gasteiger partial charge in [-0.15, -0.1) is 5.10 Å². The van der Waals surface area contributed by atoms with Gasteiger partial charge in [-0.05, 0) is 12.1 Å². The third kappa shape index (κ3) is 2.87. The Morgan fingerprint density at radius 2 is 2.00 bits per heavy atom. The van der Waals surface area contributed by atoms with Crippen molar-refractivity contribution in [1.29, 1.82) is 0 Å². The fourth-order valence-electron chi connectivity index (χ4n) is 1.33. The first-order valence-electron chi connectivity index (χ1n) is 4.80. The first-order valence-corrected chi connectivity index (χ1v) is 5.55. The molecular weight excluding hydrogens is 266 g/mol. The second kappa shape index (κ2) is 4.89. The van der Waals surface area contributed by atoms with Gasteiger partial charge in [-0.25, -0.2) is 4.39 Å². The van der Waals surface area contributed by atoms with E-state index in [0.717, 1.165) is 5.69 Å². The molecule has 0 saturated heterocycles. The highest BCUT2D eigenvalue weighted by Crippen LogP contribution is 2.27. The maximum absolute atomic E-state index is 13.2. The van der Waals surface area contributed by atoms with E-state index in [1.807, 2.05) is 0 Å². The lowest BCUT2D eigenvalue weighted by molar-refractivity contribution is 0.629. The summed E-state index contributed by atoms with van der Waals surface area (Å²) in [6, 6.07) is 2.94. The van der Waals surface area contributed by atoms with Crippen LogP contribution in [0.4, 0.5) is 10.1 Å². The van der Waals surface area contributed by atoms with Crippen LogP contribution in [0.25, 0.3) is 0 Å². The molecule has 0 aliphatic rings. The molecule has 4 nitrogen and oxygen atoms in total. The van der Waals surface area contributed by atoms with Gasteiger partial charge in [0, 0.05) is 18.9 Å². The minimum atomic E-state index is -0.613. The molecule has 0 unspecified atom stereocenters. The van der Waals surface area contributed by atoms with Crippen molar-refractivity contribution >= 4 is 28.9 Å². The van der Waals surface area contributed by atoms with Crippen molar-refractivity contribution in [3.63, 3.8) is 0 Å². The highest BCUT2D eigenvalue weighted by Gasteiger charge is 2.07. The molecule has 1 heterocycles. The number of anilines is 1. The topological polar surface area (TPSA) is 42.7 Å². The minimum Gasteiger partial charge on any atom is -0.379 e. The molecule has 2 rings (SSSR count). The second-order valence-electron chi connectivity index (χ2n) is 3.49. The number of hydrogen-bond acceptors (Lipinski definition) is 3. The summed E-state index contributed by atoms with van der Waals surface area (Å²) >= 11 is 11.3. The average Bonchev–Trinajstić information content (AvgIpc) is 2.69. The van der Waals surface area contributed by atoms with Gasteiger partial charge in [0.1, 0.15) is 5.69 Å². The second-order valence-corrected chi connectivity index (χ2v) is 4.31. The van der Waals surface area contributed by atoms with Crippen LogP contribution in [0.2, 0.25) is 10.0 Å². The van der Waals surface area contributed by atoms with Crippen molar-refractivity contribution in [3.8, 4) is 0 Å². The molecule has 0 fully saturated rings. The molecule has 0 saturated carbocycles. The molecule has 17 heavy (non-hydrogen) atoms. The number of halogens is 3. The predicted octanol–water partition coefficient (Wildman–Crippen LogP) is 2.87. The van der Waals surface area contributed by atoms with Gasteiger partial charge in [0.2, 0.25) is 0 Å². The highest BCUT2D eigenvalue weighted by molar-refractivity contribution is 6.35. The van der Waals surface area contributed by atoms with Crippen LogP contribution in [-0.4, -0.2) is 15.0 Å². The zero-order chi connectivity index (χ0) is 12.4. The molecular formula is C10H9Cl2FN4. The van der Waals surface area contributed by atoms with Crippen molar-refractivity contribution < 1.29 is 4.39 Å². The number of nitrogens with zero attached hydrogens (tertiary/aromatic N) is 3. The SMILES string of the molecule is Cn1cc(CNc2cc(Cl)c(F)c(Cl)c2)nn1. The summed E-state index contributed by atoms with van der Waals surface area (Å²) in [5.41, 5.74) is 1.40. The van der Waals surface area contributed by atoms with Gasteiger partial charge in [0.05, 0.1) is 16.6 Å². The molecule has 0 aliphatic heterocycles. The molecule has 0 atom stereocenters. The summed E-state index contributed by atoms with van der Waals surface area (Å²) in [4.78, 5) is 0. The lowest BCUT2D eigenvalue weighted by Crippen LogP contribution is -2.00. The van der Waals surface area contributed by atoms with Gasteiger partial charge in [0.15, 0.2) is 5.82 Å². The van der Waals surface area contributed by atoms with Crippen LogP contribution in [0.15, 0.2) is 18.3 Å². The van der Waals surface area contributed by atoms with Gasteiger partial charge >= 0.3 is 0 Å². The number of hydrogen-bond donors (Lipinski definition) is 1. The van der Waals surface area contributed by atoms with E-state index >= 15 is 0 Å². The quantitative estimate of drug-likeness (QED) is 0.876. The Morgan fingerprint density at radius 1 is 1.35 bits per heavy atom. The van der Waals surface area contributed by atoms with E-state index in [1.165, 1.54) is 12.1 Å². The number of benzene rings is 1. The molecule has 0 radical (unpaired) electrons. The summed E-state index contributed by atoms with van der Waals surface area (Å²) < 4.78 is 14.8.